The van der Waals surface area contributed by atoms with E-state index in [1.165, 1.54) is 4.88 Å². The number of likely N-dealkylation sites (N-methyl/N-ethyl adjacent to an activating group) is 1. The van der Waals surface area contributed by atoms with Gasteiger partial charge < -0.3 is 14.8 Å². The topological polar surface area (TPSA) is 43.4 Å². The first-order valence-electron chi connectivity index (χ1n) is 6.61. The summed E-state index contributed by atoms with van der Waals surface area (Å²) in [6, 6.07) is 6.02. The van der Waals surface area contributed by atoms with Gasteiger partial charge in [-0.05, 0) is 18.7 Å². The van der Waals surface area contributed by atoms with Gasteiger partial charge in [0.2, 0.25) is 0 Å². The molecule has 0 fully saturated rings. The first kappa shape index (κ1) is 14.8. The summed E-state index contributed by atoms with van der Waals surface area (Å²) in [6.45, 7) is 2.98. The average Bonchev–Trinajstić information content (AvgIpc) is 2.99. The second kappa shape index (κ2) is 7.26. The van der Waals surface area contributed by atoms with Gasteiger partial charge in [0.25, 0.3) is 0 Å². The number of aromatic nitrogens is 1. The number of methoxy groups -OCH3 is 2. The van der Waals surface area contributed by atoms with Crippen LogP contribution in [0, 0.1) is 0 Å². The van der Waals surface area contributed by atoms with Crippen molar-refractivity contribution in [3.63, 3.8) is 0 Å². The Bertz CT molecular complexity index is 506. The normalized spacial score (nSPS) is 12.2. The van der Waals surface area contributed by atoms with Crippen molar-refractivity contribution in [1.29, 1.82) is 0 Å². The minimum atomic E-state index is 0.145. The van der Waals surface area contributed by atoms with Crippen LogP contribution in [0.25, 0.3) is 0 Å². The summed E-state index contributed by atoms with van der Waals surface area (Å²) >= 11 is 1.67. The lowest BCUT2D eigenvalue weighted by Gasteiger charge is -2.22. The molecule has 20 heavy (non-hydrogen) atoms. The number of hydrogen-bond acceptors (Lipinski definition) is 5. The average molecular weight is 292 g/mol. The van der Waals surface area contributed by atoms with Crippen molar-refractivity contribution in [1.82, 2.24) is 10.3 Å². The van der Waals surface area contributed by atoms with E-state index in [4.69, 9.17) is 9.47 Å². The van der Waals surface area contributed by atoms with Crippen molar-refractivity contribution < 1.29 is 9.47 Å². The Kier molecular flexibility index (Phi) is 5.38. The quantitative estimate of drug-likeness (QED) is 0.852. The van der Waals surface area contributed by atoms with Crippen LogP contribution in [0.2, 0.25) is 0 Å². The molecule has 0 saturated carbocycles. The van der Waals surface area contributed by atoms with Gasteiger partial charge in [0.1, 0.15) is 11.5 Å². The van der Waals surface area contributed by atoms with Gasteiger partial charge in [0, 0.05) is 23.5 Å². The molecule has 0 saturated heterocycles. The summed E-state index contributed by atoms with van der Waals surface area (Å²) in [4.78, 5) is 5.38. The molecule has 108 valence electrons. The SMILES string of the molecule is CCNC(Cc1cncs1)c1c(OC)cccc1OC. The van der Waals surface area contributed by atoms with Crippen molar-refractivity contribution in [2.75, 3.05) is 20.8 Å². The molecule has 2 aromatic rings. The zero-order valence-corrected chi connectivity index (χ0v) is 12.9. The molecule has 2 rings (SSSR count). The zero-order chi connectivity index (χ0) is 14.4. The first-order chi connectivity index (χ1) is 9.80. The Labute approximate surface area is 123 Å². The lowest BCUT2D eigenvalue weighted by atomic mass is 10.0. The van der Waals surface area contributed by atoms with Gasteiger partial charge >= 0.3 is 0 Å². The molecule has 0 radical (unpaired) electrons. The fourth-order valence-electron chi connectivity index (χ4n) is 2.29. The van der Waals surface area contributed by atoms with E-state index in [0.29, 0.717) is 0 Å². The van der Waals surface area contributed by atoms with Crippen LogP contribution in [-0.4, -0.2) is 25.7 Å². The van der Waals surface area contributed by atoms with Crippen LogP contribution in [0.3, 0.4) is 0 Å². The molecule has 0 bridgehead atoms. The Hall–Kier alpha value is -1.59. The highest BCUT2D eigenvalue weighted by Gasteiger charge is 2.21. The van der Waals surface area contributed by atoms with Crippen LogP contribution in [0.15, 0.2) is 29.9 Å². The van der Waals surface area contributed by atoms with Crippen molar-refractivity contribution >= 4 is 11.3 Å². The molecule has 0 amide bonds. The van der Waals surface area contributed by atoms with E-state index in [9.17, 15) is 0 Å². The Morgan fingerprint density at radius 2 is 1.95 bits per heavy atom. The van der Waals surface area contributed by atoms with Crippen LogP contribution < -0.4 is 14.8 Å². The lowest BCUT2D eigenvalue weighted by molar-refractivity contribution is 0.371. The third-order valence-electron chi connectivity index (χ3n) is 3.15. The van der Waals surface area contributed by atoms with Crippen molar-refractivity contribution in [3.05, 3.63) is 40.3 Å². The molecule has 4 nitrogen and oxygen atoms in total. The van der Waals surface area contributed by atoms with Crippen molar-refractivity contribution in [2.24, 2.45) is 0 Å². The van der Waals surface area contributed by atoms with Crippen LogP contribution in [0.4, 0.5) is 0 Å². The Morgan fingerprint density at radius 3 is 2.45 bits per heavy atom. The highest BCUT2D eigenvalue weighted by molar-refractivity contribution is 7.09. The minimum absolute atomic E-state index is 0.145. The van der Waals surface area contributed by atoms with Crippen LogP contribution in [-0.2, 0) is 6.42 Å². The van der Waals surface area contributed by atoms with Crippen molar-refractivity contribution in [3.8, 4) is 11.5 Å². The summed E-state index contributed by atoms with van der Waals surface area (Å²) in [5.74, 6) is 1.69. The van der Waals surface area contributed by atoms with E-state index < -0.39 is 0 Å². The molecule has 1 heterocycles. The molecular weight excluding hydrogens is 272 g/mol. The predicted molar refractivity (Wildman–Crippen MR) is 81.8 cm³/mol. The van der Waals surface area contributed by atoms with Crippen LogP contribution in [0.5, 0.6) is 11.5 Å². The first-order valence-corrected chi connectivity index (χ1v) is 7.49. The number of hydrogen-bond donors (Lipinski definition) is 1. The summed E-state index contributed by atoms with van der Waals surface area (Å²) in [5, 5.41) is 3.51. The van der Waals surface area contributed by atoms with Gasteiger partial charge in [-0.15, -0.1) is 11.3 Å². The summed E-state index contributed by atoms with van der Waals surface area (Å²) in [5.41, 5.74) is 2.92. The van der Waals surface area contributed by atoms with E-state index in [1.54, 1.807) is 25.6 Å². The molecule has 1 atom stereocenters. The highest BCUT2D eigenvalue weighted by atomic mass is 32.1. The fourth-order valence-corrected chi connectivity index (χ4v) is 2.93. The Morgan fingerprint density at radius 1 is 1.25 bits per heavy atom. The fraction of sp³-hybridized carbons (Fsp3) is 0.400. The van der Waals surface area contributed by atoms with Gasteiger partial charge in [-0.1, -0.05) is 13.0 Å². The smallest absolute Gasteiger partial charge is 0.127 e. The van der Waals surface area contributed by atoms with Gasteiger partial charge in [0.15, 0.2) is 0 Å². The molecular formula is C15H20N2O2S. The van der Waals surface area contributed by atoms with Gasteiger partial charge in [-0.3, -0.25) is 4.98 Å². The second-order valence-electron chi connectivity index (χ2n) is 4.36. The van der Waals surface area contributed by atoms with E-state index in [2.05, 4.69) is 17.2 Å². The summed E-state index contributed by atoms with van der Waals surface area (Å²) in [7, 11) is 3.38. The van der Waals surface area contributed by atoms with E-state index in [1.807, 2.05) is 29.9 Å². The third kappa shape index (κ3) is 3.29. The van der Waals surface area contributed by atoms with Gasteiger partial charge in [-0.25, -0.2) is 0 Å². The number of nitrogens with zero attached hydrogens (tertiary/aromatic N) is 1. The molecule has 1 aromatic carbocycles. The summed E-state index contributed by atoms with van der Waals surface area (Å²) in [6.07, 6.45) is 2.78. The highest BCUT2D eigenvalue weighted by Crippen LogP contribution is 2.35. The van der Waals surface area contributed by atoms with Crippen LogP contribution >= 0.6 is 11.3 Å². The number of rotatable bonds is 7. The minimum Gasteiger partial charge on any atom is -0.496 e. The molecule has 1 N–H and O–H groups in total. The number of thiazole rings is 1. The maximum absolute atomic E-state index is 5.50. The number of nitrogens with one attached hydrogen (secondary N) is 1. The molecule has 5 heteroatoms. The molecule has 0 aliphatic rings. The van der Waals surface area contributed by atoms with Gasteiger partial charge in [0.05, 0.1) is 25.3 Å². The molecule has 0 aliphatic carbocycles. The predicted octanol–water partition coefficient (Wildman–Crippen LogP) is 3.05. The van der Waals surface area contributed by atoms with Crippen molar-refractivity contribution in [2.45, 2.75) is 19.4 Å². The zero-order valence-electron chi connectivity index (χ0n) is 12.1. The summed E-state index contributed by atoms with van der Waals surface area (Å²) < 4.78 is 11.0. The molecule has 0 spiro atoms. The lowest BCUT2D eigenvalue weighted by Crippen LogP contribution is -2.23. The number of ether oxygens (including phenoxy) is 2. The monoisotopic (exact) mass is 292 g/mol. The number of benzene rings is 1. The Balaban J connectivity index is 2.37. The second-order valence-corrected chi connectivity index (χ2v) is 5.33. The van der Waals surface area contributed by atoms with E-state index in [0.717, 1.165) is 30.0 Å². The molecule has 1 unspecified atom stereocenters. The third-order valence-corrected chi connectivity index (χ3v) is 3.96. The standard InChI is InChI=1S/C15H20N2O2S/c1-4-17-12(8-11-9-16-10-20-11)15-13(18-2)6-5-7-14(15)19-3/h5-7,9-10,12,17H,4,8H2,1-3H3. The maximum Gasteiger partial charge on any atom is 0.127 e. The molecule has 0 aliphatic heterocycles. The maximum atomic E-state index is 5.50. The largest absolute Gasteiger partial charge is 0.496 e. The van der Waals surface area contributed by atoms with Crippen LogP contribution in [0.1, 0.15) is 23.4 Å². The van der Waals surface area contributed by atoms with E-state index in [-0.39, 0.29) is 6.04 Å². The molecule has 1 aromatic heterocycles. The van der Waals surface area contributed by atoms with E-state index >= 15 is 0 Å². The van der Waals surface area contributed by atoms with Gasteiger partial charge in [-0.2, -0.15) is 0 Å².